The summed E-state index contributed by atoms with van der Waals surface area (Å²) >= 11 is 0. The van der Waals surface area contributed by atoms with E-state index in [4.69, 9.17) is 0 Å². The molecular formula is C13H21N3O2. The molecule has 0 amide bonds. The Morgan fingerprint density at radius 2 is 2.06 bits per heavy atom. The van der Waals surface area contributed by atoms with Gasteiger partial charge in [-0.2, -0.15) is 0 Å². The van der Waals surface area contributed by atoms with Crippen LogP contribution < -0.4 is 16.6 Å². The fraction of sp³-hybridized carbons (Fsp3) is 0.692. The summed E-state index contributed by atoms with van der Waals surface area (Å²) in [5.74, 6) is 0.852. The lowest BCUT2D eigenvalue weighted by Gasteiger charge is -2.27. The second-order valence-electron chi connectivity index (χ2n) is 5.21. The molecule has 0 aromatic carbocycles. The predicted molar refractivity (Wildman–Crippen MR) is 70.7 cm³/mol. The topological polar surface area (TPSA) is 66.9 Å². The molecule has 0 unspecified atom stereocenters. The second kappa shape index (κ2) is 6.00. The van der Waals surface area contributed by atoms with Gasteiger partial charge in [0.2, 0.25) is 0 Å². The normalized spacial score (nSPS) is 24.1. The van der Waals surface area contributed by atoms with E-state index in [0.717, 1.165) is 12.5 Å². The molecule has 1 fully saturated rings. The van der Waals surface area contributed by atoms with Crippen LogP contribution in [0, 0.1) is 5.92 Å². The first-order chi connectivity index (χ1) is 8.65. The standard InChI is InChI=1S/C13H21N3O2/c1-10-2-4-11(5-3-10)14-7-9-16-8-6-12(17)15-13(16)18/h6,8,10-11,14H,2-5,7,9H2,1H3,(H,15,17,18). The molecule has 0 aliphatic heterocycles. The molecule has 0 saturated heterocycles. The summed E-state index contributed by atoms with van der Waals surface area (Å²) in [6.45, 7) is 3.67. The number of hydrogen-bond donors (Lipinski definition) is 2. The summed E-state index contributed by atoms with van der Waals surface area (Å²) in [4.78, 5) is 24.6. The van der Waals surface area contributed by atoms with Crippen LogP contribution in [0.15, 0.2) is 21.9 Å². The third-order valence-electron chi connectivity index (χ3n) is 3.70. The number of nitrogens with one attached hydrogen (secondary N) is 2. The molecule has 5 heteroatoms. The van der Waals surface area contributed by atoms with Gasteiger partial charge < -0.3 is 5.32 Å². The highest BCUT2D eigenvalue weighted by atomic mass is 16.2. The van der Waals surface area contributed by atoms with Crippen LogP contribution in [0.3, 0.4) is 0 Å². The number of nitrogens with zero attached hydrogens (tertiary/aromatic N) is 1. The van der Waals surface area contributed by atoms with Crippen molar-refractivity contribution in [2.45, 2.75) is 45.2 Å². The SMILES string of the molecule is CC1CCC(NCCn2ccc(=O)[nH]c2=O)CC1. The Bertz CT molecular complexity index is 483. The molecule has 0 radical (unpaired) electrons. The van der Waals surface area contributed by atoms with Gasteiger partial charge in [0.15, 0.2) is 0 Å². The average molecular weight is 251 g/mol. The van der Waals surface area contributed by atoms with E-state index < -0.39 is 0 Å². The molecule has 1 aliphatic rings. The zero-order valence-corrected chi connectivity index (χ0v) is 10.8. The van der Waals surface area contributed by atoms with Crippen molar-refractivity contribution < 1.29 is 0 Å². The van der Waals surface area contributed by atoms with E-state index in [1.165, 1.54) is 36.3 Å². The van der Waals surface area contributed by atoms with Crippen LogP contribution in [0.2, 0.25) is 0 Å². The summed E-state index contributed by atoms with van der Waals surface area (Å²) in [6, 6.07) is 1.96. The Labute approximate surface area is 106 Å². The van der Waals surface area contributed by atoms with Gasteiger partial charge in [-0.05, 0) is 31.6 Å². The van der Waals surface area contributed by atoms with Crippen LogP contribution in [-0.4, -0.2) is 22.1 Å². The highest BCUT2D eigenvalue weighted by molar-refractivity contribution is 4.83. The van der Waals surface area contributed by atoms with Crippen LogP contribution in [0.5, 0.6) is 0 Å². The molecular weight excluding hydrogens is 230 g/mol. The van der Waals surface area contributed by atoms with E-state index in [-0.39, 0.29) is 11.2 Å². The third kappa shape index (κ3) is 3.57. The van der Waals surface area contributed by atoms with Gasteiger partial charge in [-0.15, -0.1) is 0 Å². The van der Waals surface area contributed by atoms with Gasteiger partial charge in [0.25, 0.3) is 5.56 Å². The average Bonchev–Trinajstić information content (AvgIpc) is 2.34. The van der Waals surface area contributed by atoms with E-state index in [2.05, 4.69) is 17.2 Å². The van der Waals surface area contributed by atoms with Crippen molar-refractivity contribution in [3.05, 3.63) is 33.1 Å². The summed E-state index contributed by atoms with van der Waals surface area (Å²) < 4.78 is 1.53. The van der Waals surface area contributed by atoms with Crippen molar-refractivity contribution in [3.8, 4) is 0 Å². The van der Waals surface area contributed by atoms with E-state index in [9.17, 15) is 9.59 Å². The van der Waals surface area contributed by atoms with Crippen LogP contribution in [0.1, 0.15) is 32.6 Å². The van der Waals surface area contributed by atoms with Crippen molar-refractivity contribution in [1.29, 1.82) is 0 Å². The highest BCUT2D eigenvalue weighted by Gasteiger charge is 2.17. The first kappa shape index (κ1) is 13.1. The van der Waals surface area contributed by atoms with Crippen LogP contribution in [-0.2, 0) is 6.54 Å². The van der Waals surface area contributed by atoms with Gasteiger partial charge in [0.05, 0.1) is 0 Å². The van der Waals surface area contributed by atoms with Crippen LogP contribution in [0.25, 0.3) is 0 Å². The lowest BCUT2D eigenvalue weighted by atomic mass is 9.87. The van der Waals surface area contributed by atoms with Crippen molar-refractivity contribution in [2.24, 2.45) is 5.92 Å². The summed E-state index contributed by atoms with van der Waals surface area (Å²) in [5.41, 5.74) is -0.674. The lowest BCUT2D eigenvalue weighted by molar-refractivity contribution is 0.304. The van der Waals surface area contributed by atoms with Crippen LogP contribution in [0.4, 0.5) is 0 Å². The fourth-order valence-electron chi connectivity index (χ4n) is 2.47. The first-order valence-electron chi connectivity index (χ1n) is 6.68. The molecule has 1 heterocycles. The quantitative estimate of drug-likeness (QED) is 0.828. The van der Waals surface area contributed by atoms with Crippen molar-refractivity contribution in [1.82, 2.24) is 14.9 Å². The Hall–Kier alpha value is -1.36. The molecule has 0 atom stereocenters. The Balaban J connectivity index is 1.78. The number of aromatic nitrogens is 2. The molecule has 100 valence electrons. The number of rotatable bonds is 4. The molecule has 2 N–H and O–H groups in total. The Morgan fingerprint density at radius 3 is 2.72 bits per heavy atom. The maximum Gasteiger partial charge on any atom is 0.328 e. The third-order valence-corrected chi connectivity index (χ3v) is 3.70. The van der Waals surface area contributed by atoms with Gasteiger partial charge in [0.1, 0.15) is 0 Å². The minimum Gasteiger partial charge on any atom is -0.312 e. The van der Waals surface area contributed by atoms with E-state index in [1.54, 1.807) is 6.20 Å². The molecule has 0 spiro atoms. The van der Waals surface area contributed by atoms with Gasteiger partial charge in [-0.1, -0.05) is 6.92 Å². The molecule has 2 rings (SSSR count). The highest BCUT2D eigenvalue weighted by Crippen LogP contribution is 2.23. The molecule has 1 aromatic heterocycles. The Kier molecular flexibility index (Phi) is 4.36. The Morgan fingerprint density at radius 1 is 1.33 bits per heavy atom. The van der Waals surface area contributed by atoms with Gasteiger partial charge in [0, 0.05) is 31.4 Å². The second-order valence-corrected chi connectivity index (χ2v) is 5.21. The molecule has 18 heavy (non-hydrogen) atoms. The van der Waals surface area contributed by atoms with Gasteiger partial charge >= 0.3 is 5.69 Å². The summed E-state index contributed by atoms with van der Waals surface area (Å²) in [7, 11) is 0. The van der Waals surface area contributed by atoms with E-state index in [0.29, 0.717) is 12.6 Å². The van der Waals surface area contributed by atoms with Crippen molar-refractivity contribution >= 4 is 0 Å². The summed E-state index contributed by atoms with van der Waals surface area (Å²) in [6.07, 6.45) is 6.57. The minimum atomic E-state index is -0.342. The predicted octanol–water partition coefficient (Wildman–Crippen LogP) is 0.705. The van der Waals surface area contributed by atoms with E-state index >= 15 is 0 Å². The monoisotopic (exact) mass is 251 g/mol. The maximum atomic E-state index is 11.4. The molecule has 1 aromatic rings. The smallest absolute Gasteiger partial charge is 0.312 e. The molecule has 1 aliphatic carbocycles. The zero-order valence-electron chi connectivity index (χ0n) is 10.8. The fourth-order valence-corrected chi connectivity index (χ4v) is 2.47. The molecule has 0 bridgehead atoms. The van der Waals surface area contributed by atoms with Crippen molar-refractivity contribution in [3.63, 3.8) is 0 Å². The molecule has 1 saturated carbocycles. The molecule has 5 nitrogen and oxygen atoms in total. The summed E-state index contributed by atoms with van der Waals surface area (Å²) in [5, 5.41) is 3.48. The number of hydrogen-bond acceptors (Lipinski definition) is 3. The van der Waals surface area contributed by atoms with E-state index in [1.807, 2.05) is 0 Å². The van der Waals surface area contributed by atoms with Gasteiger partial charge in [-0.3, -0.25) is 14.3 Å². The largest absolute Gasteiger partial charge is 0.328 e. The maximum absolute atomic E-state index is 11.4. The van der Waals surface area contributed by atoms with Gasteiger partial charge in [-0.25, -0.2) is 4.79 Å². The first-order valence-corrected chi connectivity index (χ1v) is 6.68. The minimum absolute atomic E-state index is 0.332. The van der Waals surface area contributed by atoms with Crippen molar-refractivity contribution in [2.75, 3.05) is 6.54 Å². The van der Waals surface area contributed by atoms with Crippen LogP contribution >= 0.6 is 0 Å². The number of H-pyrrole nitrogens is 1. The lowest BCUT2D eigenvalue weighted by Crippen LogP contribution is -2.37. The number of aromatic amines is 1. The zero-order chi connectivity index (χ0) is 13.0.